The van der Waals surface area contributed by atoms with Crippen molar-refractivity contribution < 1.29 is 17.9 Å². The predicted octanol–water partition coefficient (Wildman–Crippen LogP) is 1.59. The monoisotopic (exact) mass is 425 g/mol. The first-order valence-corrected chi connectivity index (χ1v) is 11.1. The number of sulfonamides is 1. The Kier molecular flexibility index (Phi) is 6.47. The Morgan fingerprint density at radius 2 is 2.25 bits per heavy atom. The second-order valence-corrected chi connectivity index (χ2v) is 9.76. The molecule has 1 aliphatic rings. The number of carbonyl (C=O) groups is 1. The first kappa shape index (κ1) is 20.5. The minimum atomic E-state index is -3.57. The average molecular weight is 426 g/mol. The van der Waals surface area contributed by atoms with E-state index in [9.17, 15) is 13.2 Å². The zero-order valence-electron chi connectivity index (χ0n) is 15.5. The van der Waals surface area contributed by atoms with Crippen molar-refractivity contribution in [1.82, 2.24) is 19.6 Å². The molecule has 0 saturated carbocycles. The van der Waals surface area contributed by atoms with Crippen molar-refractivity contribution in [3.8, 4) is 0 Å². The number of rotatable bonds is 6. The summed E-state index contributed by atoms with van der Waals surface area (Å²) in [6, 6.07) is 5.19. The molecule has 9 nitrogen and oxygen atoms in total. The highest BCUT2D eigenvalue weighted by Gasteiger charge is 2.32. The van der Waals surface area contributed by atoms with E-state index in [2.05, 4.69) is 20.0 Å². The predicted molar refractivity (Wildman–Crippen MR) is 106 cm³/mol. The number of alkyl carbamates (subject to hydrolysis) is 1. The highest BCUT2D eigenvalue weighted by molar-refractivity contribution is 7.91. The number of aromatic nitrogens is 2. The maximum absolute atomic E-state index is 13.1. The number of methoxy groups -OCH3 is 1. The summed E-state index contributed by atoms with van der Waals surface area (Å²) in [6.45, 7) is 1.24. The first-order valence-electron chi connectivity index (χ1n) is 8.89. The van der Waals surface area contributed by atoms with Gasteiger partial charge in [0.2, 0.25) is 5.95 Å². The van der Waals surface area contributed by atoms with Crippen molar-refractivity contribution >= 4 is 33.4 Å². The minimum Gasteiger partial charge on any atom is -0.453 e. The van der Waals surface area contributed by atoms with Gasteiger partial charge in [0.1, 0.15) is 4.21 Å². The fourth-order valence-electron chi connectivity index (χ4n) is 3.14. The molecule has 3 N–H and O–H groups in total. The molecule has 0 spiro atoms. The van der Waals surface area contributed by atoms with Crippen LogP contribution in [0, 0.1) is 0 Å². The van der Waals surface area contributed by atoms with Gasteiger partial charge in [-0.25, -0.2) is 23.2 Å². The summed E-state index contributed by atoms with van der Waals surface area (Å²) in [7, 11) is -2.27. The van der Waals surface area contributed by atoms with E-state index in [0.29, 0.717) is 30.3 Å². The second-order valence-electron chi connectivity index (χ2n) is 6.43. The van der Waals surface area contributed by atoms with Crippen LogP contribution >= 0.6 is 11.3 Å². The van der Waals surface area contributed by atoms with Crippen LogP contribution in [-0.4, -0.2) is 55.5 Å². The molecular weight excluding hydrogens is 402 g/mol. The number of anilines is 1. The molecular formula is C17H23N5O4S2. The molecule has 0 radical (unpaired) electrons. The minimum absolute atomic E-state index is 0.00230. The van der Waals surface area contributed by atoms with Gasteiger partial charge < -0.3 is 15.8 Å². The van der Waals surface area contributed by atoms with E-state index in [4.69, 9.17) is 5.73 Å². The fourth-order valence-corrected chi connectivity index (χ4v) is 6.17. The Balaban J connectivity index is 1.67. The molecule has 1 fully saturated rings. The number of nitrogen functional groups attached to an aromatic ring is 1. The molecule has 1 aliphatic heterocycles. The van der Waals surface area contributed by atoms with Crippen LogP contribution in [0.15, 0.2) is 28.6 Å². The van der Waals surface area contributed by atoms with E-state index >= 15 is 0 Å². The van der Waals surface area contributed by atoms with Gasteiger partial charge in [0, 0.05) is 36.6 Å². The topological polar surface area (TPSA) is 128 Å². The largest absolute Gasteiger partial charge is 0.453 e. The van der Waals surface area contributed by atoms with Crippen molar-refractivity contribution in [2.24, 2.45) is 0 Å². The van der Waals surface area contributed by atoms with Crippen molar-refractivity contribution in [1.29, 1.82) is 0 Å². The standard InChI is InChI=1S/C17H23N5O4S2/c1-26-17(23)20-8-6-13-4-5-15(27-13)28(24,25)22-10-2-3-12(11-22)14-7-9-19-16(18)21-14/h4-5,7,9,12H,2-3,6,8,10-11H2,1H3,(H,20,23)(H2,18,19,21)/t12-/m0/s1. The summed E-state index contributed by atoms with van der Waals surface area (Å²) in [5, 5.41) is 2.58. The van der Waals surface area contributed by atoms with Gasteiger partial charge in [-0.15, -0.1) is 11.3 Å². The number of piperidine rings is 1. The van der Waals surface area contributed by atoms with E-state index < -0.39 is 16.1 Å². The van der Waals surface area contributed by atoms with Gasteiger partial charge in [0.05, 0.1) is 12.8 Å². The number of thiophene rings is 1. The average Bonchev–Trinajstić information content (AvgIpc) is 3.18. The molecule has 0 aliphatic carbocycles. The van der Waals surface area contributed by atoms with Crippen LogP contribution in [0.5, 0.6) is 0 Å². The lowest BCUT2D eigenvalue weighted by Crippen LogP contribution is -2.39. The lowest BCUT2D eigenvalue weighted by atomic mass is 9.96. The smallest absolute Gasteiger partial charge is 0.406 e. The Hall–Kier alpha value is -2.24. The number of nitrogens with one attached hydrogen (secondary N) is 1. The van der Waals surface area contributed by atoms with Crippen LogP contribution in [0.4, 0.5) is 10.7 Å². The van der Waals surface area contributed by atoms with Gasteiger partial charge >= 0.3 is 6.09 Å². The molecule has 3 heterocycles. The third-order valence-electron chi connectivity index (χ3n) is 4.56. The van der Waals surface area contributed by atoms with Crippen molar-refractivity contribution in [3.05, 3.63) is 35.0 Å². The van der Waals surface area contributed by atoms with E-state index in [1.807, 2.05) is 0 Å². The second kappa shape index (κ2) is 8.84. The summed E-state index contributed by atoms with van der Waals surface area (Å²) in [5.41, 5.74) is 6.43. The number of hydrogen-bond acceptors (Lipinski definition) is 8. The molecule has 2 aromatic rings. The van der Waals surface area contributed by atoms with E-state index in [0.717, 1.165) is 23.4 Å². The Labute approximate surface area is 168 Å². The van der Waals surface area contributed by atoms with Gasteiger partial charge in [-0.05, 0) is 37.5 Å². The van der Waals surface area contributed by atoms with Crippen LogP contribution in [0.2, 0.25) is 0 Å². The maximum Gasteiger partial charge on any atom is 0.406 e. The first-order chi connectivity index (χ1) is 13.4. The van der Waals surface area contributed by atoms with Crippen molar-refractivity contribution in [2.75, 3.05) is 32.5 Å². The number of nitrogens with zero attached hydrogens (tertiary/aromatic N) is 3. The molecule has 3 rings (SSSR count). The Bertz CT molecular complexity index is 931. The lowest BCUT2D eigenvalue weighted by Gasteiger charge is -2.31. The summed E-state index contributed by atoms with van der Waals surface area (Å²) >= 11 is 1.22. The SMILES string of the molecule is COC(=O)NCCc1ccc(S(=O)(=O)N2CCC[C@H](c3ccnc(N)n3)C2)s1. The van der Waals surface area contributed by atoms with Gasteiger partial charge in [0.25, 0.3) is 10.0 Å². The molecule has 0 bridgehead atoms. The Morgan fingerprint density at radius 1 is 1.43 bits per heavy atom. The maximum atomic E-state index is 13.1. The number of ether oxygens (including phenoxy) is 1. The Morgan fingerprint density at radius 3 is 3.00 bits per heavy atom. The zero-order chi connectivity index (χ0) is 20.1. The van der Waals surface area contributed by atoms with Crippen LogP contribution in [0.1, 0.15) is 29.3 Å². The third kappa shape index (κ3) is 4.78. The number of hydrogen-bond donors (Lipinski definition) is 2. The summed E-state index contributed by atoms with van der Waals surface area (Å²) in [5.74, 6) is 0.193. The van der Waals surface area contributed by atoms with Crippen LogP contribution in [-0.2, 0) is 21.2 Å². The quantitative estimate of drug-likeness (QED) is 0.719. The summed E-state index contributed by atoms with van der Waals surface area (Å²) in [6.07, 6.45) is 3.25. The van der Waals surface area contributed by atoms with Crippen molar-refractivity contribution in [2.45, 2.75) is 29.4 Å². The molecule has 11 heteroatoms. The molecule has 2 aromatic heterocycles. The third-order valence-corrected chi connectivity index (χ3v) is 8.03. The van der Waals surface area contributed by atoms with Gasteiger partial charge in [-0.2, -0.15) is 4.31 Å². The lowest BCUT2D eigenvalue weighted by molar-refractivity contribution is 0.171. The molecule has 28 heavy (non-hydrogen) atoms. The molecule has 152 valence electrons. The molecule has 1 saturated heterocycles. The van der Waals surface area contributed by atoms with Crippen LogP contribution in [0.3, 0.4) is 0 Å². The highest BCUT2D eigenvalue weighted by atomic mass is 32.2. The van der Waals surface area contributed by atoms with E-state index in [-0.39, 0.29) is 11.9 Å². The molecule has 1 amide bonds. The number of nitrogens with two attached hydrogens (primary N) is 1. The molecule has 0 unspecified atom stereocenters. The van der Waals surface area contributed by atoms with Gasteiger partial charge in [0.15, 0.2) is 0 Å². The number of amides is 1. The molecule has 0 aromatic carbocycles. The number of carbonyl (C=O) groups excluding carboxylic acids is 1. The van der Waals surface area contributed by atoms with E-state index in [1.54, 1.807) is 24.4 Å². The summed E-state index contributed by atoms with van der Waals surface area (Å²) < 4.78 is 32.5. The van der Waals surface area contributed by atoms with Crippen molar-refractivity contribution in [3.63, 3.8) is 0 Å². The zero-order valence-corrected chi connectivity index (χ0v) is 17.1. The highest BCUT2D eigenvalue weighted by Crippen LogP contribution is 2.32. The van der Waals surface area contributed by atoms with Crippen LogP contribution < -0.4 is 11.1 Å². The van der Waals surface area contributed by atoms with Gasteiger partial charge in [-0.3, -0.25) is 0 Å². The van der Waals surface area contributed by atoms with Crippen LogP contribution in [0.25, 0.3) is 0 Å². The van der Waals surface area contributed by atoms with E-state index in [1.165, 1.54) is 22.8 Å². The van der Waals surface area contributed by atoms with Gasteiger partial charge in [-0.1, -0.05) is 0 Å². The molecule has 1 atom stereocenters. The normalized spacial score (nSPS) is 18.0. The fraction of sp³-hybridized carbons (Fsp3) is 0.471. The summed E-state index contributed by atoms with van der Waals surface area (Å²) in [4.78, 5) is 20.1.